The molecular formula is C10H13ClF3N3O2. The fourth-order valence-electron chi connectivity index (χ4n) is 1.07. The summed E-state index contributed by atoms with van der Waals surface area (Å²) in [6, 6.07) is 3.19. The Morgan fingerprint density at radius 2 is 2.11 bits per heavy atom. The highest BCUT2D eigenvalue weighted by atomic mass is 35.5. The first-order valence-corrected chi connectivity index (χ1v) is 4.99. The summed E-state index contributed by atoms with van der Waals surface area (Å²) in [6.07, 6.45) is -3.05. The molecule has 108 valence electrons. The first kappa shape index (κ1) is 17.5. The van der Waals surface area contributed by atoms with E-state index in [0.717, 1.165) is 0 Å². The molecule has 0 saturated heterocycles. The van der Waals surface area contributed by atoms with Gasteiger partial charge in [-0.15, -0.1) is 12.4 Å². The smallest absolute Gasteiger partial charge is 0.373 e. The molecule has 9 heteroatoms. The number of pyridine rings is 1. The number of alkyl halides is 3. The van der Waals surface area contributed by atoms with Gasteiger partial charge in [-0.05, 0) is 12.1 Å². The first-order chi connectivity index (χ1) is 8.40. The Labute approximate surface area is 114 Å². The molecule has 0 aliphatic rings. The average Bonchev–Trinajstić information content (AvgIpc) is 2.28. The van der Waals surface area contributed by atoms with Gasteiger partial charge in [0.2, 0.25) is 5.91 Å². The van der Waals surface area contributed by atoms with Crippen LogP contribution >= 0.6 is 12.4 Å². The lowest BCUT2D eigenvalue weighted by Crippen LogP contribution is -2.24. The SMILES string of the molecule is CNc1ccc(NC(=O)COCC(F)(F)F)cn1.Cl. The van der Waals surface area contributed by atoms with Crippen LogP contribution in [0, 0.1) is 0 Å². The van der Waals surface area contributed by atoms with Gasteiger partial charge in [-0.25, -0.2) is 4.98 Å². The van der Waals surface area contributed by atoms with E-state index >= 15 is 0 Å². The van der Waals surface area contributed by atoms with Gasteiger partial charge in [0, 0.05) is 7.05 Å². The molecule has 0 aliphatic carbocycles. The Morgan fingerprint density at radius 3 is 2.58 bits per heavy atom. The minimum Gasteiger partial charge on any atom is -0.373 e. The predicted octanol–water partition coefficient (Wildman–Crippen LogP) is 2.06. The van der Waals surface area contributed by atoms with Gasteiger partial charge in [0.05, 0.1) is 11.9 Å². The summed E-state index contributed by atoms with van der Waals surface area (Å²) in [7, 11) is 1.69. The molecule has 2 N–H and O–H groups in total. The molecular weight excluding hydrogens is 287 g/mol. The molecule has 0 aliphatic heterocycles. The summed E-state index contributed by atoms with van der Waals surface area (Å²) in [5, 5.41) is 5.14. The van der Waals surface area contributed by atoms with Crippen LogP contribution in [0.15, 0.2) is 18.3 Å². The Bertz CT molecular complexity index is 398. The number of hydrogen-bond acceptors (Lipinski definition) is 4. The van der Waals surface area contributed by atoms with E-state index in [1.165, 1.54) is 6.20 Å². The zero-order valence-electron chi connectivity index (χ0n) is 9.95. The second kappa shape index (κ2) is 7.80. The van der Waals surface area contributed by atoms with Crippen molar-refractivity contribution in [2.45, 2.75) is 6.18 Å². The lowest BCUT2D eigenvalue weighted by atomic mass is 10.4. The van der Waals surface area contributed by atoms with Crippen molar-refractivity contribution in [1.29, 1.82) is 0 Å². The maximum atomic E-state index is 11.7. The number of halogens is 4. The highest BCUT2D eigenvalue weighted by Crippen LogP contribution is 2.14. The fraction of sp³-hybridized carbons (Fsp3) is 0.400. The molecule has 0 bridgehead atoms. The van der Waals surface area contributed by atoms with Gasteiger partial charge in [0.15, 0.2) is 0 Å². The molecule has 5 nitrogen and oxygen atoms in total. The minimum absolute atomic E-state index is 0. The predicted molar refractivity (Wildman–Crippen MR) is 66.5 cm³/mol. The van der Waals surface area contributed by atoms with Crippen molar-refractivity contribution in [1.82, 2.24) is 4.98 Å². The van der Waals surface area contributed by atoms with Crippen molar-refractivity contribution in [2.75, 3.05) is 30.9 Å². The number of carbonyl (C=O) groups is 1. The van der Waals surface area contributed by atoms with Crippen LogP contribution in [0.4, 0.5) is 24.7 Å². The third kappa shape index (κ3) is 7.47. The number of anilines is 2. The number of amides is 1. The zero-order chi connectivity index (χ0) is 13.6. The maximum Gasteiger partial charge on any atom is 0.411 e. The number of rotatable bonds is 5. The van der Waals surface area contributed by atoms with Gasteiger partial charge in [-0.2, -0.15) is 13.2 Å². The molecule has 0 radical (unpaired) electrons. The van der Waals surface area contributed by atoms with Crippen molar-refractivity contribution in [3.05, 3.63) is 18.3 Å². The molecule has 0 saturated carbocycles. The van der Waals surface area contributed by atoms with Gasteiger partial charge in [-0.1, -0.05) is 0 Å². The topological polar surface area (TPSA) is 63.2 Å². The molecule has 0 unspecified atom stereocenters. The van der Waals surface area contributed by atoms with E-state index in [2.05, 4.69) is 20.4 Å². The minimum atomic E-state index is -4.43. The number of nitrogens with one attached hydrogen (secondary N) is 2. The quantitative estimate of drug-likeness (QED) is 0.873. The molecule has 1 amide bonds. The Kier molecular flexibility index (Phi) is 7.17. The van der Waals surface area contributed by atoms with Crippen molar-refractivity contribution in [2.24, 2.45) is 0 Å². The summed E-state index contributed by atoms with van der Waals surface area (Å²) >= 11 is 0. The Balaban J connectivity index is 0.00000324. The van der Waals surface area contributed by atoms with Crippen molar-refractivity contribution < 1.29 is 22.7 Å². The highest BCUT2D eigenvalue weighted by molar-refractivity contribution is 5.91. The molecule has 1 aromatic rings. The molecule has 0 aromatic carbocycles. The third-order valence-electron chi connectivity index (χ3n) is 1.80. The van der Waals surface area contributed by atoms with E-state index < -0.39 is 25.3 Å². The van der Waals surface area contributed by atoms with Crippen LogP contribution in [0.3, 0.4) is 0 Å². The summed E-state index contributed by atoms with van der Waals surface area (Å²) < 4.78 is 39.4. The van der Waals surface area contributed by atoms with Crippen LogP contribution in [0.5, 0.6) is 0 Å². The molecule has 19 heavy (non-hydrogen) atoms. The molecule has 1 heterocycles. The van der Waals surface area contributed by atoms with Crippen molar-refractivity contribution in [3.8, 4) is 0 Å². The molecule has 0 spiro atoms. The van der Waals surface area contributed by atoms with Crippen LogP contribution in [0.2, 0.25) is 0 Å². The average molecular weight is 300 g/mol. The van der Waals surface area contributed by atoms with Crippen molar-refractivity contribution in [3.63, 3.8) is 0 Å². The lowest BCUT2D eigenvalue weighted by molar-refractivity contribution is -0.174. The number of nitrogens with zero attached hydrogens (tertiary/aromatic N) is 1. The van der Waals surface area contributed by atoms with E-state index in [-0.39, 0.29) is 12.4 Å². The number of hydrogen-bond donors (Lipinski definition) is 2. The van der Waals surface area contributed by atoms with Crippen LogP contribution < -0.4 is 10.6 Å². The summed E-state index contributed by atoms with van der Waals surface area (Å²) in [4.78, 5) is 15.1. The summed E-state index contributed by atoms with van der Waals surface area (Å²) in [5.74, 6) is -0.0559. The molecule has 0 atom stereocenters. The van der Waals surface area contributed by atoms with E-state index in [0.29, 0.717) is 11.5 Å². The van der Waals surface area contributed by atoms with Crippen LogP contribution in [0.25, 0.3) is 0 Å². The third-order valence-corrected chi connectivity index (χ3v) is 1.80. The van der Waals surface area contributed by atoms with Crippen LogP contribution in [-0.4, -0.2) is 37.3 Å². The van der Waals surface area contributed by atoms with E-state index in [1.54, 1.807) is 19.2 Å². The normalized spacial score (nSPS) is 10.5. The Morgan fingerprint density at radius 1 is 1.42 bits per heavy atom. The maximum absolute atomic E-state index is 11.7. The monoisotopic (exact) mass is 299 g/mol. The fourth-order valence-corrected chi connectivity index (χ4v) is 1.07. The second-order valence-corrected chi connectivity index (χ2v) is 3.34. The molecule has 1 aromatic heterocycles. The summed E-state index contributed by atoms with van der Waals surface area (Å²) in [5.41, 5.74) is 0.384. The van der Waals surface area contributed by atoms with E-state index in [9.17, 15) is 18.0 Å². The summed E-state index contributed by atoms with van der Waals surface area (Å²) in [6.45, 7) is -2.11. The van der Waals surface area contributed by atoms with E-state index in [4.69, 9.17) is 0 Å². The van der Waals surface area contributed by atoms with Gasteiger partial charge >= 0.3 is 6.18 Å². The molecule has 1 rings (SSSR count). The second-order valence-electron chi connectivity index (χ2n) is 3.34. The van der Waals surface area contributed by atoms with E-state index in [1.807, 2.05) is 0 Å². The van der Waals surface area contributed by atoms with Gasteiger partial charge in [-0.3, -0.25) is 4.79 Å². The lowest BCUT2D eigenvalue weighted by Gasteiger charge is -2.08. The Hall–Kier alpha value is -1.54. The zero-order valence-corrected chi connectivity index (χ0v) is 10.8. The number of aromatic nitrogens is 1. The molecule has 0 fully saturated rings. The van der Waals surface area contributed by atoms with Gasteiger partial charge in [0.1, 0.15) is 19.0 Å². The van der Waals surface area contributed by atoms with Crippen LogP contribution in [0.1, 0.15) is 0 Å². The standard InChI is InChI=1S/C10H12F3N3O2.ClH/c1-14-8-3-2-7(4-15-8)16-9(17)5-18-6-10(11,12)13;/h2-4H,5-6H2,1H3,(H,14,15)(H,16,17);1H. The number of carbonyl (C=O) groups excluding carboxylic acids is 1. The first-order valence-electron chi connectivity index (χ1n) is 4.99. The van der Waals surface area contributed by atoms with Crippen molar-refractivity contribution >= 4 is 29.8 Å². The number of ether oxygens (including phenoxy) is 1. The van der Waals surface area contributed by atoms with Gasteiger partial charge < -0.3 is 15.4 Å². The van der Waals surface area contributed by atoms with Gasteiger partial charge in [0.25, 0.3) is 0 Å². The highest BCUT2D eigenvalue weighted by Gasteiger charge is 2.27. The van der Waals surface area contributed by atoms with Crippen LogP contribution in [-0.2, 0) is 9.53 Å². The largest absolute Gasteiger partial charge is 0.411 e.